The summed E-state index contributed by atoms with van der Waals surface area (Å²) in [5, 5.41) is 21.6. The van der Waals surface area contributed by atoms with E-state index >= 15 is 0 Å². The van der Waals surface area contributed by atoms with Crippen LogP contribution in [-0.4, -0.2) is 16.2 Å². The van der Waals surface area contributed by atoms with Gasteiger partial charge >= 0.3 is 5.97 Å². The topological polar surface area (TPSA) is 57.5 Å². The maximum Gasteiger partial charge on any atom is 0.339 e. The fraction of sp³-hybridized carbons (Fsp3) is 0.0800. The van der Waals surface area contributed by atoms with Crippen molar-refractivity contribution in [2.24, 2.45) is 0 Å². The third-order valence-corrected chi connectivity index (χ3v) is 4.98. The van der Waals surface area contributed by atoms with E-state index in [1.807, 2.05) is 66.7 Å². The maximum absolute atomic E-state index is 11.7. The van der Waals surface area contributed by atoms with Crippen molar-refractivity contribution in [1.82, 2.24) is 0 Å². The van der Waals surface area contributed by atoms with Gasteiger partial charge < -0.3 is 10.2 Å². The lowest BCUT2D eigenvalue weighted by molar-refractivity contribution is 0.0694. The van der Waals surface area contributed by atoms with Crippen LogP contribution in [0.3, 0.4) is 0 Å². The van der Waals surface area contributed by atoms with Crippen LogP contribution in [0.5, 0.6) is 5.75 Å². The van der Waals surface area contributed by atoms with E-state index < -0.39 is 5.97 Å². The monoisotopic (exact) mass is 368 g/mol. The van der Waals surface area contributed by atoms with Crippen molar-refractivity contribution < 1.29 is 15.0 Å². The first-order valence-corrected chi connectivity index (χ1v) is 9.20. The second-order valence-corrected chi connectivity index (χ2v) is 6.94. The number of phenols is 1. The highest BCUT2D eigenvalue weighted by atomic mass is 16.4. The number of carbonyl (C=O) groups is 1. The molecule has 0 unspecified atom stereocenters. The Morgan fingerprint density at radius 1 is 0.679 bits per heavy atom. The van der Waals surface area contributed by atoms with Crippen LogP contribution in [0.4, 0.5) is 0 Å². The molecular formula is C25H20O3. The normalized spacial score (nSPS) is 10.9. The molecule has 0 heterocycles. The van der Waals surface area contributed by atoms with Crippen LogP contribution < -0.4 is 0 Å². The van der Waals surface area contributed by atoms with Crippen LogP contribution in [0.25, 0.3) is 10.8 Å². The summed E-state index contributed by atoms with van der Waals surface area (Å²) < 4.78 is 0. The average Bonchev–Trinajstić information content (AvgIpc) is 2.71. The van der Waals surface area contributed by atoms with Gasteiger partial charge in [0.05, 0.1) is 0 Å². The maximum atomic E-state index is 11.7. The Balaban J connectivity index is 1.83. The van der Waals surface area contributed by atoms with Crippen LogP contribution in [0.1, 0.15) is 32.6 Å². The van der Waals surface area contributed by atoms with E-state index in [0.717, 1.165) is 28.5 Å². The molecular weight excluding hydrogens is 348 g/mol. The molecule has 0 aliphatic carbocycles. The Kier molecular flexibility index (Phi) is 4.81. The molecule has 138 valence electrons. The first-order chi connectivity index (χ1) is 13.6. The third kappa shape index (κ3) is 3.60. The molecule has 0 amide bonds. The molecule has 0 aliphatic rings. The Bertz CT molecular complexity index is 1130. The summed E-state index contributed by atoms with van der Waals surface area (Å²) in [6.45, 7) is 0. The van der Waals surface area contributed by atoms with Crippen molar-refractivity contribution in [3.05, 3.63) is 113 Å². The standard InChI is InChI=1S/C25H20O3/c26-24-22-15-19(13-17-7-3-1-4-8-17)11-12-21(22)20(16-23(24)25(27)28)14-18-9-5-2-6-10-18/h1-12,15-16,26H,13-14H2,(H,27,28). The van der Waals surface area contributed by atoms with Gasteiger partial charge in [-0.2, -0.15) is 0 Å². The highest BCUT2D eigenvalue weighted by Gasteiger charge is 2.17. The van der Waals surface area contributed by atoms with Crippen molar-refractivity contribution >= 4 is 16.7 Å². The van der Waals surface area contributed by atoms with Gasteiger partial charge in [-0.15, -0.1) is 0 Å². The largest absolute Gasteiger partial charge is 0.506 e. The first kappa shape index (κ1) is 17.8. The predicted octanol–water partition coefficient (Wildman–Crippen LogP) is 5.43. The molecule has 3 nitrogen and oxygen atoms in total. The molecule has 4 aromatic rings. The van der Waals surface area contributed by atoms with E-state index in [1.165, 1.54) is 5.56 Å². The number of hydrogen-bond donors (Lipinski definition) is 2. The number of carboxylic acids is 1. The lowest BCUT2D eigenvalue weighted by Gasteiger charge is -2.13. The van der Waals surface area contributed by atoms with Gasteiger partial charge in [0.15, 0.2) is 0 Å². The quantitative estimate of drug-likeness (QED) is 0.494. The summed E-state index contributed by atoms with van der Waals surface area (Å²) in [5.74, 6) is -1.30. The second kappa shape index (κ2) is 7.57. The Morgan fingerprint density at radius 3 is 1.89 bits per heavy atom. The molecule has 2 N–H and O–H groups in total. The minimum atomic E-state index is -1.12. The zero-order valence-electron chi connectivity index (χ0n) is 15.3. The average molecular weight is 368 g/mol. The summed E-state index contributed by atoms with van der Waals surface area (Å²) in [7, 11) is 0. The molecule has 0 fully saturated rings. The lowest BCUT2D eigenvalue weighted by Crippen LogP contribution is -2.01. The third-order valence-electron chi connectivity index (χ3n) is 4.98. The highest BCUT2D eigenvalue weighted by Crippen LogP contribution is 2.34. The van der Waals surface area contributed by atoms with E-state index in [2.05, 4.69) is 12.1 Å². The van der Waals surface area contributed by atoms with Gasteiger partial charge in [0.25, 0.3) is 0 Å². The van der Waals surface area contributed by atoms with E-state index in [1.54, 1.807) is 6.07 Å². The number of aromatic carboxylic acids is 1. The van der Waals surface area contributed by atoms with Gasteiger partial charge in [0, 0.05) is 5.39 Å². The summed E-state index contributed by atoms with van der Waals surface area (Å²) in [5.41, 5.74) is 4.12. The summed E-state index contributed by atoms with van der Waals surface area (Å²) in [6, 6.07) is 27.5. The van der Waals surface area contributed by atoms with Gasteiger partial charge in [-0.3, -0.25) is 0 Å². The Hall–Kier alpha value is -3.59. The molecule has 3 heteroatoms. The van der Waals surface area contributed by atoms with Gasteiger partial charge in [-0.1, -0.05) is 72.8 Å². The lowest BCUT2D eigenvalue weighted by atomic mass is 9.92. The van der Waals surface area contributed by atoms with Crippen LogP contribution >= 0.6 is 0 Å². The highest BCUT2D eigenvalue weighted by molar-refractivity contribution is 6.02. The molecule has 0 radical (unpaired) electrons. The summed E-state index contributed by atoms with van der Waals surface area (Å²) >= 11 is 0. The zero-order valence-corrected chi connectivity index (χ0v) is 15.3. The SMILES string of the molecule is O=C(O)c1cc(Cc2ccccc2)c2ccc(Cc3ccccc3)cc2c1O. The van der Waals surface area contributed by atoms with E-state index in [-0.39, 0.29) is 11.3 Å². The van der Waals surface area contributed by atoms with E-state index in [9.17, 15) is 15.0 Å². The molecule has 28 heavy (non-hydrogen) atoms. The first-order valence-electron chi connectivity index (χ1n) is 9.20. The number of carboxylic acid groups (broad SMARTS) is 1. The second-order valence-electron chi connectivity index (χ2n) is 6.94. The van der Waals surface area contributed by atoms with E-state index in [4.69, 9.17) is 0 Å². The van der Waals surface area contributed by atoms with Crippen molar-refractivity contribution in [2.45, 2.75) is 12.8 Å². The molecule has 4 aromatic carbocycles. The molecule has 4 rings (SSSR count). The molecule has 0 bridgehead atoms. The van der Waals surface area contributed by atoms with Crippen molar-refractivity contribution in [1.29, 1.82) is 0 Å². The number of benzene rings is 4. The summed E-state index contributed by atoms with van der Waals surface area (Å²) in [6.07, 6.45) is 1.33. The predicted molar refractivity (Wildman–Crippen MR) is 111 cm³/mol. The van der Waals surface area contributed by atoms with E-state index in [0.29, 0.717) is 11.8 Å². The minimum Gasteiger partial charge on any atom is -0.506 e. The van der Waals surface area contributed by atoms with Crippen molar-refractivity contribution in [3.8, 4) is 5.75 Å². The fourth-order valence-corrected chi connectivity index (χ4v) is 3.60. The number of fused-ring (bicyclic) bond motifs is 1. The molecule has 0 aliphatic heterocycles. The zero-order chi connectivity index (χ0) is 19.5. The van der Waals surface area contributed by atoms with Gasteiger partial charge in [0.2, 0.25) is 0 Å². The van der Waals surface area contributed by atoms with Crippen molar-refractivity contribution in [2.75, 3.05) is 0 Å². The van der Waals surface area contributed by atoms with Crippen LogP contribution in [0.15, 0.2) is 84.9 Å². The number of hydrogen-bond acceptors (Lipinski definition) is 2. The Morgan fingerprint density at radius 2 is 1.29 bits per heavy atom. The fourth-order valence-electron chi connectivity index (χ4n) is 3.60. The number of rotatable bonds is 5. The van der Waals surface area contributed by atoms with Crippen LogP contribution in [0, 0.1) is 0 Å². The summed E-state index contributed by atoms with van der Waals surface area (Å²) in [4.78, 5) is 11.7. The molecule has 0 atom stereocenters. The smallest absolute Gasteiger partial charge is 0.339 e. The van der Waals surface area contributed by atoms with Crippen LogP contribution in [0.2, 0.25) is 0 Å². The van der Waals surface area contributed by atoms with Crippen LogP contribution in [-0.2, 0) is 12.8 Å². The minimum absolute atomic E-state index is 0.0599. The van der Waals surface area contributed by atoms with Gasteiger partial charge in [-0.05, 0) is 52.6 Å². The number of aromatic hydroxyl groups is 1. The van der Waals surface area contributed by atoms with Gasteiger partial charge in [0.1, 0.15) is 11.3 Å². The molecule has 0 spiro atoms. The van der Waals surface area contributed by atoms with Crippen molar-refractivity contribution in [3.63, 3.8) is 0 Å². The Labute approximate surface area is 163 Å². The molecule has 0 saturated heterocycles. The molecule has 0 aromatic heterocycles. The molecule has 0 saturated carbocycles. The van der Waals surface area contributed by atoms with Gasteiger partial charge in [-0.25, -0.2) is 4.79 Å².